The van der Waals surface area contributed by atoms with E-state index in [4.69, 9.17) is 11.5 Å². The van der Waals surface area contributed by atoms with Crippen LogP contribution in [0.4, 0.5) is 22.7 Å². The Morgan fingerprint density at radius 1 is 0.720 bits per heavy atom. The molecule has 0 aliphatic carbocycles. The van der Waals surface area contributed by atoms with E-state index < -0.39 is 23.6 Å². The number of anilines is 4. The van der Waals surface area contributed by atoms with Crippen molar-refractivity contribution in [3.63, 3.8) is 0 Å². The number of aryl methyl sites for hydroxylation is 3. The van der Waals surface area contributed by atoms with Crippen LogP contribution in [-0.4, -0.2) is 66.9 Å². The van der Waals surface area contributed by atoms with E-state index in [1.807, 2.05) is 0 Å². The van der Waals surface area contributed by atoms with Crippen LogP contribution in [0.2, 0.25) is 0 Å². The first-order valence-electron chi connectivity index (χ1n) is 14.4. The lowest BCUT2D eigenvalue weighted by Crippen LogP contribution is -2.29. The first kappa shape index (κ1) is 39.4. The van der Waals surface area contributed by atoms with E-state index in [9.17, 15) is 24.0 Å². The highest BCUT2D eigenvalue weighted by Gasteiger charge is 2.20. The number of carbonyl (C=O) groups is 5. The minimum atomic E-state index is -0.478. The van der Waals surface area contributed by atoms with Gasteiger partial charge in [0.2, 0.25) is 0 Å². The quantitative estimate of drug-likeness (QED) is 0.0265. The van der Waals surface area contributed by atoms with Gasteiger partial charge in [0, 0.05) is 52.5 Å². The third-order valence-corrected chi connectivity index (χ3v) is 8.04. The number of rotatable bonds is 13. The number of halogens is 3. The Morgan fingerprint density at radius 3 is 1.52 bits per heavy atom. The molecule has 0 atom stereocenters. The van der Waals surface area contributed by atoms with Crippen molar-refractivity contribution in [1.29, 1.82) is 0 Å². The summed E-state index contributed by atoms with van der Waals surface area (Å²) < 4.78 is 6.93. The van der Waals surface area contributed by atoms with Gasteiger partial charge in [-0.3, -0.25) is 29.0 Å². The van der Waals surface area contributed by atoms with E-state index in [-0.39, 0.29) is 58.9 Å². The van der Waals surface area contributed by atoms with E-state index in [1.165, 1.54) is 18.2 Å². The molecular formula is C30H35BrClIN12O5. The predicted octanol–water partition coefficient (Wildman–Crippen LogP) is 2.93. The molecule has 0 aliphatic heterocycles. The molecule has 9 N–H and O–H groups in total. The molecule has 0 fully saturated rings. The van der Waals surface area contributed by atoms with Crippen LogP contribution in [0.15, 0.2) is 65.1 Å². The van der Waals surface area contributed by atoms with E-state index in [0.29, 0.717) is 33.0 Å². The number of hydrogen-bond acceptors (Lipinski definition) is 6. The highest BCUT2D eigenvalue weighted by atomic mass is 127. The molecule has 266 valence electrons. The molecule has 0 aliphatic rings. The molecule has 0 saturated heterocycles. The van der Waals surface area contributed by atoms with Crippen LogP contribution in [0, 0.1) is 0 Å². The summed E-state index contributed by atoms with van der Waals surface area (Å²) in [6, 6.07) is 6.09. The lowest BCUT2D eigenvalue weighted by molar-refractivity contribution is -0.112. The molecule has 17 nitrogen and oxygen atoms in total. The Hall–Kier alpha value is -5.02. The zero-order chi connectivity index (χ0) is 36.0. The summed E-state index contributed by atoms with van der Waals surface area (Å²) in [4.78, 5) is 67.8. The second-order valence-electron chi connectivity index (χ2n) is 10.7. The molecule has 5 amide bonds. The van der Waals surface area contributed by atoms with Crippen molar-refractivity contribution in [3.05, 3.63) is 82.9 Å². The van der Waals surface area contributed by atoms with Gasteiger partial charge < -0.3 is 56.3 Å². The summed E-state index contributed by atoms with van der Waals surface area (Å²) in [7, 11) is 4.96. The minimum absolute atomic E-state index is 0. The van der Waals surface area contributed by atoms with Gasteiger partial charge in [-0.15, -0.1) is 12.4 Å². The van der Waals surface area contributed by atoms with Crippen LogP contribution >= 0.6 is 50.9 Å². The van der Waals surface area contributed by atoms with Crippen molar-refractivity contribution in [2.45, 2.75) is 4.55 Å². The molecule has 4 rings (SSSR count). The fourth-order valence-electron chi connectivity index (χ4n) is 4.67. The highest BCUT2D eigenvalue weighted by molar-refractivity contribution is 14.1. The smallest absolute Gasteiger partial charge is 0.272 e. The van der Waals surface area contributed by atoms with Crippen molar-refractivity contribution in [3.8, 4) is 0 Å². The standard InChI is InChI=1S/C30H34BrIN12O5.ClH/c1-16(31)25(45)37-17-7-21(41(2)11-17)27(47)38-18-8-22(42(3)12-18)28(48)39-19-9-23(43(4)13-19)29(49)40-20-10-24(44(14-20)15-32)26(46)35-5-6-36-30(33)34;/h7-14H,1,5-6,15H2,2-4H3,(H,35,46)(H,37,45)(H,38,47)(H,39,48)(H,40,49)(H4,33,34,36);1H. The average molecular weight is 886 g/mol. The van der Waals surface area contributed by atoms with Crippen LogP contribution in [0.5, 0.6) is 0 Å². The minimum Gasteiger partial charge on any atom is -0.370 e. The Bertz CT molecular complexity index is 1990. The van der Waals surface area contributed by atoms with Crippen molar-refractivity contribution in [2.75, 3.05) is 34.4 Å². The Morgan fingerprint density at radius 2 is 1.12 bits per heavy atom. The van der Waals surface area contributed by atoms with Gasteiger partial charge in [0.25, 0.3) is 29.5 Å². The van der Waals surface area contributed by atoms with Gasteiger partial charge in [-0.2, -0.15) is 0 Å². The van der Waals surface area contributed by atoms with E-state index in [2.05, 4.69) is 76.7 Å². The molecule has 0 radical (unpaired) electrons. The number of guanidine groups is 1. The third kappa shape index (κ3) is 9.79. The maximum Gasteiger partial charge on any atom is 0.272 e. The monoisotopic (exact) mass is 884 g/mol. The van der Waals surface area contributed by atoms with Crippen LogP contribution in [0.1, 0.15) is 42.0 Å². The molecule has 4 aromatic rings. The number of nitrogens with one attached hydrogen (secondary N) is 5. The normalized spacial score (nSPS) is 10.4. The number of hydrogen-bond donors (Lipinski definition) is 7. The predicted molar refractivity (Wildman–Crippen MR) is 206 cm³/mol. The van der Waals surface area contributed by atoms with Crippen molar-refractivity contribution in [2.24, 2.45) is 37.6 Å². The zero-order valence-electron chi connectivity index (χ0n) is 27.0. The zero-order valence-corrected chi connectivity index (χ0v) is 31.6. The van der Waals surface area contributed by atoms with Gasteiger partial charge >= 0.3 is 0 Å². The molecule has 0 saturated carbocycles. The molecule has 0 unspecified atom stereocenters. The number of amides is 5. The molecule has 50 heavy (non-hydrogen) atoms. The molecule has 0 spiro atoms. The maximum atomic E-state index is 13.2. The second-order valence-corrected chi connectivity index (χ2v) is 12.3. The van der Waals surface area contributed by atoms with Gasteiger partial charge in [0.05, 0.1) is 38.3 Å². The lowest BCUT2D eigenvalue weighted by Gasteiger charge is -2.05. The Labute approximate surface area is 314 Å². The second kappa shape index (κ2) is 17.1. The fourth-order valence-corrected chi connectivity index (χ4v) is 5.34. The molecule has 0 bridgehead atoms. The van der Waals surface area contributed by atoms with Crippen LogP contribution in [-0.2, 0) is 30.5 Å². The summed E-state index contributed by atoms with van der Waals surface area (Å²) in [6.45, 7) is 3.97. The van der Waals surface area contributed by atoms with Crippen molar-refractivity contribution >= 4 is 109 Å². The van der Waals surface area contributed by atoms with Crippen molar-refractivity contribution < 1.29 is 24.0 Å². The first-order chi connectivity index (χ1) is 23.2. The topological polar surface area (TPSA) is 230 Å². The number of carbonyl (C=O) groups excluding carboxylic acids is 5. The number of aliphatic imine (C=N–C) groups is 1. The van der Waals surface area contributed by atoms with Gasteiger partial charge in [-0.05, 0) is 40.2 Å². The highest BCUT2D eigenvalue weighted by Crippen LogP contribution is 2.22. The van der Waals surface area contributed by atoms with Gasteiger partial charge in [0.1, 0.15) is 22.8 Å². The Balaban J connectivity index is 0.00000676. The van der Waals surface area contributed by atoms with Gasteiger partial charge in [0.15, 0.2) is 5.96 Å². The SMILES string of the molecule is C=C(Br)C(=O)Nc1cc(C(=O)Nc2cc(C(=O)Nc3cc(C(=O)Nc4cc(C(=O)NCCN=C(N)N)n(CI)c4)n(C)c3)n(C)c2)n(C)c1.Cl. The summed E-state index contributed by atoms with van der Waals surface area (Å²) in [5, 5.41) is 13.7. The number of aromatic nitrogens is 4. The van der Waals surface area contributed by atoms with Crippen LogP contribution in [0.25, 0.3) is 0 Å². The molecule has 4 aromatic heterocycles. The number of nitrogens with zero attached hydrogens (tertiary/aromatic N) is 5. The van der Waals surface area contributed by atoms with E-state index >= 15 is 0 Å². The fraction of sp³-hybridized carbons (Fsp3) is 0.200. The lowest BCUT2D eigenvalue weighted by atomic mass is 10.3. The molecule has 0 aromatic carbocycles. The number of nitrogens with two attached hydrogens (primary N) is 2. The molecule has 4 heterocycles. The van der Waals surface area contributed by atoms with E-state index in [0.717, 1.165) is 0 Å². The van der Waals surface area contributed by atoms with Crippen molar-refractivity contribution in [1.82, 2.24) is 23.6 Å². The third-order valence-electron chi connectivity index (χ3n) is 6.94. The number of alkyl halides is 1. The van der Waals surface area contributed by atoms with Gasteiger partial charge in [-0.25, -0.2) is 0 Å². The summed E-state index contributed by atoms with van der Waals surface area (Å²) in [6.07, 6.45) is 6.39. The van der Waals surface area contributed by atoms with Gasteiger partial charge in [-0.1, -0.05) is 29.2 Å². The van der Waals surface area contributed by atoms with Crippen LogP contribution in [0.3, 0.4) is 0 Å². The Kier molecular flexibility index (Phi) is 13.5. The summed E-state index contributed by atoms with van der Waals surface area (Å²) in [5.41, 5.74) is 13.3. The van der Waals surface area contributed by atoms with Crippen LogP contribution < -0.4 is 38.1 Å². The molecule has 20 heteroatoms. The summed E-state index contributed by atoms with van der Waals surface area (Å²) >= 11 is 5.11. The summed E-state index contributed by atoms with van der Waals surface area (Å²) in [5.74, 6) is -2.26. The largest absolute Gasteiger partial charge is 0.370 e. The maximum absolute atomic E-state index is 13.2. The van der Waals surface area contributed by atoms with E-state index in [1.54, 1.807) is 70.3 Å². The average Bonchev–Trinajstić information content (AvgIpc) is 3.80. The first-order valence-corrected chi connectivity index (χ1v) is 16.7. The molecular weight excluding hydrogens is 851 g/mol.